The van der Waals surface area contributed by atoms with E-state index >= 15 is 0 Å². The molecule has 414 valence electrons. The molecule has 0 aliphatic heterocycles. The standard InChI is InChI=1S/C67H80O11/c1-3-5-7-9-11-13-15-17-19-21-23-25-47-73-58-38-30-53(31-39-58)64(69)76-60-42-36-55(37-43-60)66(71)78-62-46-29-51-27-28-56(49-57(51)50-62)67(72)77-61-44-34-54(35-45-61)65(70)75-59-40-32-52(33-41-59)63(68)74-48-26-24-22-20-18-16-14-12-10-8-6-4-2/h27-46,49-50H,3-26,47-48H2,1-2H3. The van der Waals surface area contributed by atoms with Crippen LogP contribution in [0.5, 0.6) is 28.7 Å². The van der Waals surface area contributed by atoms with Crippen molar-refractivity contribution in [3.05, 3.63) is 161 Å². The summed E-state index contributed by atoms with van der Waals surface area (Å²) < 4.78 is 33.7. The molecule has 0 fully saturated rings. The third kappa shape index (κ3) is 21.6. The highest BCUT2D eigenvalue weighted by Gasteiger charge is 2.16. The number of carbonyl (C=O) groups excluding carboxylic acids is 5. The van der Waals surface area contributed by atoms with Crippen molar-refractivity contribution in [3.8, 4) is 28.7 Å². The van der Waals surface area contributed by atoms with Crippen molar-refractivity contribution in [1.82, 2.24) is 0 Å². The van der Waals surface area contributed by atoms with E-state index in [9.17, 15) is 24.0 Å². The van der Waals surface area contributed by atoms with E-state index in [1.807, 2.05) is 0 Å². The van der Waals surface area contributed by atoms with E-state index < -0.39 is 29.8 Å². The fourth-order valence-corrected chi connectivity index (χ4v) is 9.07. The van der Waals surface area contributed by atoms with Gasteiger partial charge >= 0.3 is 29.8 Å². The molecule has 6 rings (SSSR count). The van der Waals surface area contributed by atoms with Crippen molar-refractivity contribution in [2.45, 2.75) is 168 Å². The van der Waals surface area contributed by atoms with Gasteiger partial charge in [0.25, 0.3) is 0 Å². The molecule has 0 amide bonds. The molecule has 0 atom stereocenters. The number of hydrogen-bond acceptors (Lipinski definition) is 11. The number of fused-ring (bicyclic) bond motifs is 1. The second kappa shape index (κ2) is 34.5. The molecule has 0 aliphatic carbocycles. The average Bonchev–Trinajstić information content (AvgIpc) is 3.47. The Kier molecular flexibility index (Phi) is 26.5. The zero-order chi connectivity index (χ0) is 55.0. The minimum absolute atomic E-state index is 0.214. The highest BCUT2D eigenvalue weighted by molar-refractivity contribution is 5.98. The van der Waals surface area contributed by atoms with Gasteiger partial charge in [0, 0.05) is 0 Å². The van der Waals surface area contributed by atoms with Crippen LogP contribution in [-0.2, 0) is 4.74 Å². The molecular weight excluding hydrogens is 981 g/mol. The average molecular weight is 1060 g/mol. The number of carbonyl (C=O) groups is 5. The second-order valence-electron chi connectivity index (χ2n) is 20.1. The molecule has 6 aromatic rings. The molecule has 0 radical (unpaired) electrons. The number of hydrogen-bond donors (Lipinski definition) is 0. The third-order valence-corrected chi connectivity index (χ3v) is 13.7. The zero-order valence-electron chi connectivity index (χ0n) is 46.1. The van der Waals surface area contributed by atoms with Crippen molar-refractivity contribution >= 4 is 40.6 Å². The maximum absolute atomic E-state index is 13.2. The van der Waals surface area contributed by atoms with Crippen LogP contribution in [0, 0.1) is 0 Å². The summed E-state index contributed by atoms with van der Waals surface area (Å²) >= 11 is 0. The quantitative estimate of drug-likeness (QED) is 0.0211. The monoisotopic (exact) mass is 1060 g/mol. The largest absolute Gasteiger partial charge is 0.494 e. The fourth-order valence-electron chi connectivity index (χ4n) is 9.07. The van der Waals surface area contributed by atoms with E-state index in [0.29, 0.717) is 35.5 Å². The Bertz CT molecular complexity index is 2750. The van der Waals surface area contributed by atoms with Crippen molar-refractivity contribution in [2.24, 2.45) is 0 Å². The summed E-state index contributed by atoms with van der Waals surface area (Å²) in [6, 6.07) is 35.3. The summed E-state index contributed by atoms with van der Waals surface area (Å²) in [7, 11) is 0. The van der Waals surface area contributed by atoms with Crippen molar-refractivity contribution in [2.75, 3.05) is 13.2 Å². The van der Waals surface area contributed by atoms with Crippen LogP contribution in [-0.4, -0.2) is 43.1 Å². The van der Waals surface area contributed by atoms with E-state index in [1.54, 1.807) is 84.9 Å². The van der Waals surface area contributed by atoms with Crippen molar-refractivity contribution in [3.63, 3.8) is 0 Å². The summed E-state index contributed by atoms with van der Waals surface area (Å²) in [4.78, 5) is 64.8. The Morgan fingerprint density at radius 3 is 0.974 bits per heavy atom. The van der Waals surface area contributed by atoms with Gasteiger partial charge in [0.1, 0.15) is 28.7 Å². The summed E-state index contributed by atoms with van der Waals surface area (Å²) in [5, 5.41) is 1.44. The lowest BCUT2D eigenvalue weighted by Gasteiger charge is -2.09. The van der Waals surface area contributed by atoms with Crippen LogP contribution in [0.4, 0.5) is 0 Å². The van der Waals surface area contributed by atoms with Gasteiger partial charge in [0.05, 0.1) is 41.0 Å². The molecule has 0 heterocycles. The molecule has 0 saturated heterocycles. The van der Waals surface area contributed by atoms with Gasteiger partial charge in [0.15, 0.2) is 0 Å². The number of rotatable bonds is 36. The maximum atomic E-state index is 13.2. The number of ether oxygens (including phenoxy) is 6. The summed E-state index contributed by atoms with van der Waals surface area (Å²) in [6.45, 7) is 5.51. The first-order valence-corrected chi connectivity index (χ1v) is 28.8. The lowest BCUT2D eigenvalue weighted by Crippen LogP contribution is -2.11. The molecule has 0 saturated carbocycles. The third-order valence-electron chi connectivity index (χ3n) is 13.7. The molecule has 0 bridgehead atoms. The van der Waals surface area contributed by atoms with Gasteiger partial charge in [0.2, 0.25) is 0 Å². The van der Waals surface area contributed by atoms with Gasteiger partial charge in [-0.05, 0) is 145 Å². The number of esters is 5. The molecule has 6 aromatic carbocycles. The van der Waals surface area contributed by atoms with Crippen LogP contribution in [0.2, 0.25) is 0 Å². The fraction of sp³-hybridized carbons (Fsp3) is 0.418. The molecule has 0 N–H and O–H groups in total. The minimum atomic E-state index is -0.630. The molecule has 0 aliphatic rings. The Labute approximate surface area is 462 Å². The Balaban J connectivity index is 0.868. The van der Waals surface area contributed by atoms with Gasteiger partial charge in [-0.25, -0.2) is 24.0 Å². The van der Waals surface area contributed by atoms with Crippen LogP contribution in [0.15, 0.2) is 133 Å². The molecular formula is C67H80O11. The number of unbranched alkanes of at least 4 members (excludes halogenated alkanes) is 22. The summed E-state index contributed by atoms with van der Waals surface area (Å²) in [6.07, 6.45) is 30.2. The highest BCUT2D eigenvalue weighted by Crippen LogP contribution is 2.26. The SMILES string of the molecule is CCCCCCCCCCCCCCOC(=O)c1ccc(OC(=O)c2ccc(OC(=O)c3ccc4ccc(OC(=O)c5ccc(OC(=O)c6ccc(OCCCCCCCCCCCCCC)cc6)cc5)cc4c3)cc2)cc1. The first kappa shape index (κ1) is 60.0. The predicted molar refractivity (Wildman–Crippen MR) is 307 cm³/mol. The first-order chi connectivity index (χ1) is 38.2. The predicted octanol–water partition coefficient (Wildman–Crippen LogP) is 17.7. The second-order valence-corrected chi connectivity index (χ2v) is 20.1. The van der Waals surface area contributed by atoms with Crippen LogP contribution in [0.25, 0.3) is 10.8 Å². The Hall–Kier alpha value is -7.27. The molecule has 78 heavy (non-hydrogen) atoms. The molecule has 0 aromatic heterocycles. The van der Waals surface area contributed by atoms with E-state index in [-0.39, 0.29) is 39.7 Å². The molecule has 0 unspecified atom stereocenters. The topological polar surface area (TPSA) is 141 Å². The van der Waals surface area contributed by atoms with E-state index in [4.69, 9.17) is 28.4 Å². The van der Waals surface area contributed by atoms with Crippen molar-refractivity contribution < 1.29 is 52.4 Å². The smallest absolute Gasteiger partial charge is 0.343 e. The molecule has 11 nitrogen and oxygen atoms in total. The Morgan fingerprint density at radius 1 is 0.269 bits per heavy atom. The lowest BCUT2D eigenvalue weighted by atomic mass is 10.1. The Morgan fingerprint density at radius 2 is 0.564 bits per heavy atom. The normalized spacial score (nSPS) is 11.0. The van der Waals surface area contributed by atoms with Crippen LogP contribution >= 0.6 is 0 Å². The maximum Gasteiger partial charge on any atom is 0.343 e. The summed E-state index contributed by atoms with van der Waals surface area (Å²) in [5.74, 6) is -1.11. The first-order valence-electron chi connectivity index (χ1n) is 28.8. The summed E-state index contributed by atoms with van der Waals surface area (Å²) in [5.41, 5.74) is 1.48. The number of benzene rings is 6. The molecule has 0 spiro atoms. The van der Waals surface area contributed by atoms with Gasteiger partial charge < -0.3 is 28.4 Å². The van der Waals surface area contributed by atoms with Crippen LogP contribution < -0.4 is 23.7 Å². The van der Waals surface area contributed by atoms with Gasteiger partial charge in [-0.2, -0.15) is 0 Å². The highest BCUT2D eigenvalue weighted by atomic mass is 16.6. The minimum Gasteiger partial charge on any atom is -0.494 e. The van der Waals surface area contributed by atoms with Gasteiger partial charge in [-0.1, -0.05) is 167 Å². The van der Waals surface area contributed by atoms with E-state index in [2.05, 4.69) is 13.8 Å². The van der Waals surface area contributed by atoms with Crippen LogP contribution in [0.1, 0.15) is 220 Å². The van der Waals surface area contributed by atoms with Crippen molar-refractivity contribution in [1.29, 1.82) is 0 Å². The van der Waals surface area contributed by atoms with Crippen LogP contribution in [0.3, 0.4) is 0 Å². The van der Waals surface area contributed by atoms with E-state index in [0.717, 1.165) is 37.5 Å². The zero-order valence-corrected chi connectivity index (χ0v) is 46.1. The van der Waals surface area contributed by atoms with E-state index in [1.165, 1.54) is 171 Å². The lowest BCUT2D eigenvalue weighted by molar-refractivity contribution is 0.0496. The van der Waals surface area contributed by atoms with Gasteiger partial charge in [-0.15, -0.1) is 0 Å². The van der Waals surface area contributed by atoms with Gasteiger partial charge in [-0.3, -0.25) is 0 Å². The molecule has 11 heteroatoms.